The van der Waals surface area contributed by atoms with Gasteiger partial charge in [-0.25, -0.2) is 0 Å². The molecule has 0 bridgehead atoms. The fourth-order valence-corrected chi connectivity index (χ4v) is 7.24. The molecule has 44 heavy (non-hydrogen) atoms. The zero-order valence-corrected chi connectivity index (χ0v) is 25.9. The van der Waals surface area contributed by atoms with E-state index in [-0.39, 0.29) is 0 Å². The van der Waals surface area contributed by atoms with Gasteiger partial charge in [-0.15, -0.1) is 0 Å². The van der Waals surface area contributed by atoms with E-state index < -0.39 is 0 Å². The summed E-state index contributed by atoms with van der Waals surface area (Å²) in [6.45, 7) is 9.03. The first-order valence-electron chi connectivity index (χ1n) is 15.9. The molecule has 0 radical (unpaired) electrons. The zero-order chi connectivity index (χ0) is 29.9. The van der Waals surface area contributed by atoms with Crippen molar-refractivity contribution in [2.75, 3.05) is 0 Å². The highest BCUT2D eigenvalue weighted by Crippen LogP contribution is 2.47. The Morgan fingerprint density at radius 3 is 0.977 bits per heavy atom. The standard InChI is InChI=1S/C44H36/c1-27(2)29-17-21-31(22-18-29)39-25-41-33-11-5-6-12-34(33)42-26-40(32-23-19-30(20-24-32)28(3)4)36-14-8-10-16-38(36)44(42)43(41)37-15-9-7-13-35(37)39/h5-28H,1-4H3. The molecule has 0 aliphatic heterocycles. The van der Waals surface area contributed by atoms with E-state index in [9.17, 15) is 0 Å². The molecule has 8 aromatic rings. The second kappa shape index (κ2) is 10.4. The minimum Gasteiger partial charge on any atom is -0.0616 e. The molecule has 0 saturated carbocycles. The molecule has 8 rings (SSSR count). The first-order chi connectivity index (χ1) is 21.5. The average Bonchev–Trinajstić information content (AvgIpc) is 3.07. The summed E-state index contributed by atoms with van der Waals surface area (Å²) in [6, 6.07) is 50.3. The van der Waals surface area contributed by atoms with Crippen LogP contribution in [0.1, 0.15) is 50.7 Å². The van der Waals surface area contributed by atoms with Crippen molar-refractivity contribution in [2.45, 2.75) is 39.5 Å². The Morgan fingerprint density at radius 2 is 0.636 bits per heavy atom. The van der Waals surface area contributed by atoms with Crippen molar-refractivity contribution < 1.29 is 0 Å². The molecule has 0 heteroatoms. The van der Waals surface area contributed by atoms with Crippen LogP contribution in [-0.2, 0) is 0 Å². The van der Waals surface area contributed by atoms with Crippen LogP contribution in [0.4, 0.5) is 0 Å². The molecule has 0 aromatic heterocycles. The van der Waals surface area contributed by atoms with E-state index in [1.165, 1.54) is 87.2 Å². The summed E-state index contributed by atoms with van der Waals surface area (Å²) in [5, 5.41) is 13.1. The monoisotopic (exact) mass is 564 g/mol. The lowest BCUT2D eigenvalue weighted by Crippen LogP contribution is -1.92. The van der Waals surface area contributed by atoms with Gasteiger partial charge < -0.3 is 0 Å². The lowest BCUT2D eigenvalue weighted by atomic mass is 9.84. The van der Waals surface area contributed by atoms with Crippen LogP contribution < -0.4 is 0 Å². The summed E-state index contributed by atoms with van der Waals surface area (Å²) < 4.78 is 0. The van der Waals surface area contributed by atoms with Gasteiger partial charge in [0.2, 0.25) is 0 Å². The van der Waals surface area contributed by atoms with Crippen LogP contribution in [0.2, 0.25) is 0 Å². The van der Waals surface area contributed by atoms with E-state index in [0.717, 1.165) is 0 Å². The normalized spacial score (nSPS) is 12.0. The third-order valence-corrected chi connectivity index (χ3v) is 9.62. The van der Waals surface area contributed by atoms with Crippen LogP contribution in [0, 0.1) is 0 Å². The largest absolute Gasteiger partial charge is 0.0616 e. The van der Waals surface area contributed by atoms with Gasteiger partial charge in [-0.2, -0.15) is 0 Å². The van der Waals surface area contributed by atoms with Crippen LogP contribution >= 0.6 is 0 Å². The van der Waals surface area contributed by atoms with Gasteiger partial charge in [0.1, 0.15) is 0 Å². The Bertz CT molecular complexity index is 2180. The Labute approximate surface area is 259 Å². The minimum atomic E-state index is 0.513. The molecule has 0 atom stereocenters. The van der Waals surface area contributed by atoms with Crippen LogP contribution in [-0.4, -0.2) is 0 Å². The molecular formula is C44H36. The number of hydrogen-bond donors (Lipinski definition) is 0. The van der Waals surface area contributed by atoms with Crippen molar-refractivity contribution in [2.24, 2.45) is 0 Å². The quantitative estimate of drug-likeness (QED) is 0.187. The second-order valence-electron chi connectivity index (χ2n) is 12.9. The molecule has 0 nitrogen and oxygen atoms in total. The topological polar surface area (TPSA) is 0 Å². The maximum atomic E-state index is 2.46. The molecule has 0 N–H and O–H groups in total. The predicted octanol–water partition coefficient (Wildman–Crippen LogP) is 13.0. The predicted molar refractivity (Wildman–Crippen MR) is 193 cm³/mol. The van der Waals surface area contributed by atoms with E-state index in [0.29, 0.717) is 11.8 Å². The second-order valence-corrected chi connectivity index (χ2v) is 12.9. The molecule has 0 aliphatic rings. The number of fused-ring (bicyclic) bond motifs is 10. The van der Waals surface area contributed by atoms with Gasteiger partial charge in [-0.1, -0.05) is 149 Å². The number of rotatable bonds is 4. The van der Waals surface area contributed by atoms with Crippen molar-refractivity contribution in [3.63, 3.8) is 0 Å². The fourth-order valence-electron chi connectivity index (χ4n) is 7.24. The van der Waals surface area contributed by atoms with Gasteiger partial charge in [0.15, 0.2) is 0 Å². The summed E-state index contributed by atoms with van der Waals surface area (Å²) in [4.78, 5) is 0. The molecule has 0 amide bonds. The molecule has 0 spiro atoms. The van der Waals surface area contributed by atoms with Gasteiger partial charge in [0.05, 0.1) is 0 Å². The molecule has 0 heterocycles. The van der Waals surface area contributed by atoms with Gasteiger partial charge in [-0.05, 0) is 111 Å². The lowest BCUT2D eigenvalue weighted by molar-refractivity contribution is 0.867. The molecule has 0 unspecified atom stereocenters. The summed E-state index contributed by atoms with van der Waals surface area (Å²) in [7, 11) is 0. The highest BCUT2D eigenvalue weighted by atomic mass is 14.2. The van der Waals surface area contributed by atoms with Crippen molar-refractivity contribution in [3.8, 4) is 22.3 Å². The van der Waals surface area contributed by atoms with Crippen molar-refractivity contribution in [1.82, 2.24) is 0 Å². The van der Waals surface area contributed by atoms with Crippen molar-refractivity contribution in [3.05, 3.63) is 145 Å². The van der Waals surface area contributed by atoms with E-state index in [1.54, 1.807) is 0 Å². The summed E-state index contributed by atoms with van der Waals surface area (Å²) in [5.74, 6) is 1.03. The highest BCUT2D eigenvalue weighted by molar-refractivity contribution is 6.38. The SMILES string of the molecule is CC(C)c1ccc(-c2cc3c4ccccc4c4cc(-c5ccc(C(C)C)cc5)c5ccccc5c4c3c3ccccc23)cc1. The number of hydrogen-bond acceptors (Lipinski definition) is 0. The Kier molecular flexibility index (Phi) is 6.27. The van der Waals surface area contributed by atoms with Gasteiger partial charge in [-0.3, -0.25) is 0 Å². The maximum Gasteiger partial charge on any atom is -0.00137 e. The third-order valence-electron chi connectivity index (χ3n) is 9.62. The van der Waals surface area contributed by atoms with E-state index >= 15 is 0 Å². The highest BCUT2D eigenvalue weighted by Gasteiger charge is 2.19. The van der Waals surface area contributed by atoms with Crippen LogP contribution in [0.15, 0.2) is 133 Å². The van der Waals surface area contributed by atoms with Crippen molar-refractivity contribution in [1.29, 1.82) is 0 Å². The summed E-state index contributed by atoms with van der Waals surface area (Å²) in [5.41, 5.74) is 7.86. The molecular weight excluding hydrogens is 528 g/mol. The summed E-state index contributed by atoms with van der Waals surface area (Å²) in [6.07, 6.45) is 0. The average molecular weight is 565 g/mol. The van der Waals surface area contributed by atoms with Gasteiger partial charge >= 0.3 is 0 Å². The zero-order valence-electron chi connectivity index (χ0n) is 25.9. The smallest absolute Gasteiger partial charge is 0.00137 e. The Morgan fingerprint density at radius 1 is 0.318 bits per heavy atom. The molecule has 0 fully saturated rings. The molecule has 8 aromatic carbocycles. The molecule has 0 aliphatic carbocycles. The lowest BCUT2D eigenvalue weighted by Gasteiger charge is -2.19. The van der Waals surface area contributed by atoms with E-state index in [2.05, 4.69) is 161 Å². The first-order valence-corrected chi connectivity index (χ1v) is 15.9. The Balaban J connectivity index is 1.54. The van der Waals surface area contributed by atoms with Crippen LogP contribution in [0.25, 0.3) is 76.1 Å². The van der Waals surface area contributed by atoms with Crippen LogP contribution in [0.5, 0.6) is 0 Å². The van der Waals surface area contributed by atoms with E-state index in [4.69, 9.17) is 0 Å². The summed E-state index contributed by atoms with van der Waals surface area (Å²) >= 11 is 0. The number of benzene rings is 8. The van der Waals surface area contributed by atoms with E-state index in [1.807, 2.05) is 0 Å². The molecule has 212 valence electrons. The fraction of sp³-hybridized carbons (Fsp3) is 0.136. The first kappa shape index (κ1) is 26.7. The maximum absolute atomic E-state index is 2.46. The van der Waals surface area contributed by atoms with Crippen molar-refractivity contribution >= 4 is 53.9 Å². The van der Waals surface area contributed by atoms with Gasteiger partial charge in [0, 0.05) is 0 Å². The third kappa shape index (κ3) is 4.13. The Hall–Kier alpha value is -4.94. The van der Waals surface area contributed by atoms with Crippen LogP contribution in [0.3, 0.4) is 0 Å². The van der Waals surface area contributed by atoms with Gasteiger partial charge in [0.25, 0.3) is 0 Å². The molecule has 0 saturated heterocycles. The minimum absolute atomic E-state index is 0.513.